The summed E-state index contributed by atoms with van der Waals surface area (Å²) in [5.41, 5.74) is 9.28. The van der Waals surface area contributed by atoms with Gasteiger partial charge in [-0.25, -0.2) is 4.98 Å². The lowest BCUT2D eigenvalue weighted by Gasteiger charge is -2.47. The molecule has 0 aliphatic heterocycles. The van der Waals surface area contributed by atoms with Crippen molar-refractivity contribution in [3.05, 3.63) is 59.4 Å². The van der Waals surface area contributed by atoms with Gasteiger partial charge in [-0.05, 0) is 18.4 Å². The molecule has 21 heavy (non-hydrogen) atoms. The maximum atomic E-state index is 6.62. The third kappa shape index (κ3) is 2.10. The largest absolute Gasteiger partial charge is 0.327 e. The molecule has 108 valence electrons. The molecule has 1 saturated carbocycles. The number of fused-ring (bicyclic) bond motifs is 1. The molecular formula is C17H19N3S. The Bertz CT molecular complexity index is 711. The molecule has 2 aromatic heterocycles. The quantitative estimate of drug-likeness (QED) is 0.802. The van der Waals surface area contributed by atoms with Gasteiger partial charge in [-0.1, -0.05) is 36.8 Å². The van der Waals surface area contributed by atoms with Gasteiger partial charge >= 0.3 is 0 Å². The van der Waals surface area contributed by atoms with Gasteiger partial charge < -0.3 is 5.73 Å². The molecule has 0 spiro atoms. The first-order chi connectivity index (χ1) is 10.3. The molecule has 1 aromatic carbocycles. The number of nitrogens with two attached hydrogens (primary N) is 1. The summed E-state index contributed by atoms with van der Waals surface area (Å²) < 4.78 is 2.09. The fourth-order valence-corrected chi connectivity index (χ4v) is 4.22. The molecule has 1 atom stereocenters. The Hall–Kier alpha value is -1.65. The minimum Gasteiger partial charge on any atom is -0.327 e. The molecular weight excluding hydrogens is 278 g/mol. The number of hydrogen-bond acceptors (Lipinski definition) is 3. The first kappa shape index (κ1) is 13.0. The molecule has 1 unspecified atom stereocenters. The number of aromatic nitrogens is 2. The Kier molecular flexibility index (Phi) is 3.08. The monoisotopic (exact) mass is 297 g/mol. The lowest BCUT2D eigenvalue weighted by molar-refractivity contribution is 0.194. The second-order valence-electron chi connectivity index (χ2n) is 6.01. The van der Waals surface area contributed by atoms with Gasteiger partial charge in [-0.3, -0.25) is 4.40 Å². The van der Waals surface area contributed by atoms with Crippen LogP contribution in [0.4, 0.5) is 0 Å². The van der Waals surface area contributed by atoms with E-state index >= 15 is 0 Å². The molecule has 4 heteroatoms. The van der Waals surface area contributed by atoms with E-state index in [9.17, 15) is 0 Å². The summed E-state index contributed by atoms with van der Waals surface area (Å²) in [6, 6.07) is 10.9. The van der Waals surface area contributed by atoms with E-state index in [4.69, 9.17) is 5.73 Å². The van der Waals surface area contributed by atoms with Crippen molar-refractivity contribution in [1.29, 1.82) is 0 Å². The third-order valence-corrected chi connectivity index (χ3v) is 5.65. The molecule has 0 radical (unpaired) electrons. The van der Waals surface area contributed by atoms with Gasteiger partial charge in [-0.15, -0.1) is 11.3 Å². The predicted molar refractivity (Wildman–Crippen MR) is 86.7 cm³/mol. The van der Waals surface area contributed by atoms with E-state index in [0.717, 1.165) is 17.1 Å². The maximum absolute atomic E-state index is 6.62. The summed E-state index contributed by atoms with van der Waals surface area (Å²) in [4.78, 5) is 5.73. The standard InChI is InChI=1S/C17H19N3S/c18-15(11-14-12-20-9-10-21-16(20)19-14)17(7-4-8-17)13-5-2-1-3-6-13/h1-3,5-6,9-10,12,15H,4,7-8,11,18H2. The predicted octanol–water partition coefficient (Wildman–Crippen LogP) is 3.39. The minimum absolute atomic E-state index is 0.137. The highest BCUT2D eigenvalue weighted by atomic mass is 32.1. The lowest BCUT2D eigenvalue weighted by Crippen LogP contribution is -2.51. The average Bonchev–Trinajstić information content (AvgIpc) is 2.99. The van der Waals surface area contributed by atoms with Gasteiger partial charge in [0.15, 0.2) is 4.96 Å². The van der Waals surface area contributed by atoms with Crippen LogP contribution in [0.2, 0.25) is 0 Å². The zero-order chi connectivity index (χ0) is 14.3. The molecule has 0 saturated heterocycles. The molecule has 0 amide bonds. The van der Waals surface area contributed by atoms with Gasteiger partial charge in [-0.2, -0.15) is 0 Å². The highest BCUT2D eigenvalue weighted by Gasteiger charge is 2.43. The topological polar surface area (TPSA) is 43.3 Å². The molecule has 3 aromatic rings. The van der Waals surface area contributed by atoms with Crippen molar-refractivity contribution in [2.24, 2.45) is 5.73 Å². The summed E-state index contributed by atoms with van der Waals surface area (Å²) in [5, 5.41) is 2.06. The van der Waals surface area contributed by atoms with Crippen LogP contribution in [0.15, 0.2) is 48.1 Å². The van der Waals surface area contributed by atoms with Crippen molar-refractivity contribution < 1.29 is 0 Å². The molecule has 2 N–H and O–H groups in total. The molecule has 2 heterocycles. The summed E-state index contributed by atoms with van der Waals surface area (Å²) in [6.45, 7) is 0. The number of thiazole rings is 1. The Balaban J connectivity index is 1.60. The zero-order valence-electron chi connectivity index (χ0n) is 11.9. The third-order valence-electron chi connectivity index (χ3n) is 4.88. The maximum Gasteiger partial charge on any atom is 0.193 e. The van der Waals surface area contributed by atoms with Gasteiger partial charge in [0.1, 0.15) is 0 Å². The Morgan fingerprint density at radius 1 is 1.29 bits per heavy atom. The van der Waals surface area contributed by atoms with Crippen LogP contribution in [0.1, 0.15) is 30.5 Å². The Morgan fingerprint density at radius 3 is 2.76 bits per heavy atom. The fraction of sp³-hybridized carbons (Fsp3) is 0.353. The highest BCUT2D eigenvalue weighted by Crippen LogP contribution is 2.46. The van der Waals surface area contributed by atoms with Crippen LogP contribution in [0, 0.1) is 0 Å². The Labute approximate surface area is 128 Å². The molecule has 1 aliphatic carbocycles. The second kappa shape index (κ2) is 4.97. The van der Waals surface area contributed by atoms with Gasteiger partial charge in [0.2, 0.25) is 0 Å². The number of nitrogens with zero attached hydrogens (tertiary/aromatic N) is 2. The van der Waals surface area contributed by atoms with Crippen LogP contribution in [0.3, 0.4) is 0 Å². The van der Waals surface area contributed by atoms with E-state index in [0.29, 0.717) is 0 Å². The summed E-state index contributed by atoms with van der Waals surface area (Å²) in [6.07, 6.45) is 8.69. The minimum atomic E-state index is 0.137. The van der Waals surface area contributed by atoms with Crippen molar-refractivity contribution in [3.8, 4) is 0 Å². The van der Waals surface area contributed by atoms with Crippen LogP contribution in [-0.4, -0.2) is 15.4 Å². The van der Waals surface area contributed by atoms with Gasteiger partial charge in [0.05, 0.1) is 5.69 Å². The van der Waals surface area contributed by atoms with Crippen molar-refractivity contribution in [3.63, 3.8) is 0 Å². The van der Waals surface area contributed by atoms with Gasteiger partial charge in [0.25, 0.3) is 0 Å². The van der Waals surface area contributed by atoms with Crippen molar-refractivity contribution in [2.75, 3.05) is 0 Å². The van der Waals surface area contributed by atoms with E-state index in [1.165, 1.54) is 24.8 Å². The number of rotatable bonds is 4. The van der Waals surface area contributed by atoms with Crippen LogP contribution >= 0.6 is 11.3 Å². The van der Waals surface area contributed by atoms with Crippen molar-refractivity contribution in [1.82, 2.24) is 9.38 Å². The van der Waals surface area contributed by atoms with E-state index in [1.54, 1.807) is 11.3 Å². The first-order valence-electron chi connectivity index (χ1n) is 7.50. The SMILES string of the molecule is NC(Cc1cn2ccsc2n1)C1(c2ccccc2)CCC1. The van der Waals surface area contributed by atoms with Crippen LogP contribution in [0.25, 0.3) is 4.96 Å². The summed E-state index contributed by atoms with van der Waals surface area (Å²) in [5.74, 6) is 0. The normalized spacial score (nSPS) is 18.5. The van der Waals surface area contributed by atoms with E-state index in [1.807, 2.05) is 0 Å². The fourth-order valence-electron chi connectivity index (χ4n) is 3.50. The Morgan fingerprint density at radius 2 is 2.10 bits per heavy atom. The summed E-state index contributed by atoms with van der Waals surface area (Å²) in [7, 11) is 0. The first-order valence-corrected chi connectivity index (χ1v) is 8.38. The number of imidazole rings is 1. The molecule has 0 bridgehead atoms. The molecule has 1 aliphatic rings. The molecule has 4 rings (SSSR count). The van der Waals surface area contributed by atoms with Gasteiger partial charge in [0, 0.05) is 35.7 Å². The number of hydrogen-bond donors (Lipinski definition) is 1. The smallest absolute Gasteiger partial charge is 0.193 e. The number of benzene rings is 1. The van der Waals surface area contributed by atoms with E-state index < -0.39 is 0 Å². The summed E-state index contributed by atoms with van der Waals surface area (Å²) >= 11 is 1.67. The van der Waals surface area contributed by atoms with Crippen LogP contribution < -0.4 is 5.73 Å². The van der Waals surface area contributed by atoms with Crippen molar-refractivity contribution in [2.45, 2.75) is 37.1 Å². The van der Waals surface area contributed by atoms with E-state index in [-0.39, 0.29) is 11.5 Å². The lowest BCUT2D eigenvalue weighted by atomic mass is 9.59. The van der Waals surface area contributed by atoms with E-state index in [2.05, 4.69) is 57.5 Å². The van der Waals surface area contributed by atoms with Crippen LogP contribution in [-0.2, 0) is 11.8 Å². The zero-order valence-corrected chi connectivity index (χ0v) is 12.7. The second-order valence-corrected chi connectivity index (χ2v) is 6.88. The highest BCUT2D eigenvalue weighted by molar-refractivity contribution is 7.15. The average molecular weight is 297 g/mol. The van der Waals surface area contributed by atoms with Crippen LogP contribution in [0.5, 0.6) is 0 Å². The van der Waals surface area contributed by atoms with Crippen molar-refractivity contribution >= 4 is 16.3 Å². The molecule has 3 nitrogen and oxygen atoms in total. The molecule has 1 fully saturated rings.